The summed E-state index contributed by atoms with van der Waals surface area (Å²) in [5.74, 6) is 0.306. The summed E-state index contributed by atoms with van der Waals surface area (Å²) in [6.07, 6.45) is 1.42. The van der Waals surface area contributed by atoms with Crippen LogP contribution in [0.3, 0.4) is 0 Å². The SMILES string of the molecule is CC(C)[C@@H](NC(=O)c1ccco1)c1nc(-c2ccc3c(c2)[nH]c(=O)c(=O)n3C)no1. The van der Waals surface area contributed by atoms with Crippen molar-refractivity contribution in [2.45, 2.75) is 19.9 Å². The van der Waals surface area contributed by atoms with E-state index in [2.05, 4.69) is 20.4 Å². The largest absolute Gasteiger partial charge is 0.459 e. The summed E-state index contributed by atoms with van der Waals surface area (Å²) in [7, 11) is 1.53. The van der Waals surface area contributed by atoms with Crippen molar-refractivity contribution in [3.05, 3.63) is 69.0 Å². The molecule has 0 saturated carbocycles. The third-order valence-corrected chi connectivity index (χ3v) is 4.77. The van der Waals surface area contributed by atoms with Gasteiger partial charge in [0.15, 0.2) is 5.76 Å². The molecule has 3 aromatic heterocycles. The number of carbonyl (C=O) groups excluding carboxylic acids is 1. The molecule has 0 aliphatic rings. The molecule has 0 radical (unpaired) electrons. The standard InChI is InChI=1S/C20H19N5O5/c1-10(2)15(22-17(26)14-5-4-8-29-14)19-23-16(24-30-19)11-6-7-13-12(9-11)21-18(27)20(28)25(13)3/h4-10,15H,1-3H3,(H,21,27)(H,22,26)/t15-/m1/s1. The van der Waals surface area contributed by atoms with E-state index in [0.29, 0.717) is 22.4 Å². The van der Waals surface area contributed by atoms with Crippen molar-refractivity contribution in [3.63, 3.8) is 0 Å². The molecule has 4 aromatic rings. The van der Waals surface area contributed by atoms with Crippen LogP contribution in [0.25, 0.3) is 22.4 Å². The minimum atomic E-state index is -0.712. The zero-order valence-electron chi connectivity index (χ0n) is 16.5. The van der Waals surface area contributed by atoms with Crippen molar-refractivity contribution in [3.8, 4) is 11.4 Å². The predicted molar refractivity (Wildman–Crippen MR) is 107 cm³/mol. The molecule has 1 atom stereocenters. The Kier molecular flexibility index (Phi) is 4.82. The number of nitrogens with one attached hydrogen (secondary N) is 2. The summed E-state index contributed by atoms with van der Waals surface area (Å²) in [6.45, 7) is 3.83. The number of nitrogens with zero attached hydrogens (tertiary/aromatic N) is 3. The Balaban J connectivity index is 1.67. The predicted octanol–water partition coefficient (Wildman–Crippen LogP) is 2.00. The molecule has 154 valence electrons. The third kappa shape index (κ3) is 3.43. The highest BCUT2D eigenvalue weighted by Crippen LogP contribution is 2.25. The molecule has 0 bridgehead atoms. The molecule has 0 aliphatic heterocycles. The topological polar surface area (TPSA) is 136 Å². The summed E-state index contributed by atoms with van der Waals surface area (Å²) >= 11 is 0. The van der Waals surface area contributed by atoms with E-state index in [1.807, 2.05) is 13.8 Å². The molecule has 1 amide bonds. The molecule has 0 aliphatic carbocycles. The van der Waals surface area contributed by atoms with Crippen LogP contribution in [-0.4, -0.2) is 25.6 Å². The first-order valence-corrected chi connectivity index (χ1v) is 9.26. The molecule has 30 heavy (non-hydrogen) atoms. The van der Waals surface area contributed by atoms with Crippen LogP contribution < -0.4 is 16.4 Å². The minimum absolute atomic E-state index is 0.0281. The minimum Gasteiger partial charge on any atom is -0.459 e. The highest BCUT2D eigenvalue weighted by molar-refractivity contribution is 5.91. The summed E-state index contributed by atoms with van der Waals surface area (Å²) in [4.78, 5) is 42.9. The number of hydrogen-bond donors (Lipinski definition) is 2. The molecule has 3 heterocycles. The maximum Gasteiger partial charge on any atom is 0.316 e. The van der Waals surface area contributed by atoms with Gasteiger partial charge < -0.3 is 23.8 Å². The van der Waals surface area contributed by atoms with Gasteiger partial charge in [-0.05, 0) is 36.2 Å². The Morgan fingerprint density at radius 1 is 1.23 bits per heavy atom. The van der Waals surface area contributed by atoms with Crippen molar-refractivity contribution >= 4 is 16.9 Å². The average molecular weight is 409 g/mol. The van der Waals surface area contributed by atoms with Crippen LogP contribution in [0, 0.1) is 5.92 Å². The summed E-state index contributed by atoms with van der Waals surface area (Å²) in [5.41, 5.74) is 0.280. The number of rotatable bonds is 5. The van der Waals surface area contributed by atoms with E-state index in [9.17, 15) is 14.4 Å². The molecule has 4 rings (SSSR count). The first-order valence-electron chi connectivity index (χ1n) is 9.26. The van der Waals surface area contributed by atoms with Crippen LogP contribution in [0.15, 0.2) is 55.1 Å². The summed E-state index contributed by atoms with van der Waals surface area (Å²) in [6, 6.07) is 7.75. The number of furan rings is 1. The normalized spacial score (nSPS) is 12.4. The monoisotopic (exact) mass is 409 g/mol. The molecule has 0 fully saturated rings. The second kappa shape index (κ2) is 7.47. The van der Waals surface area contributed by atoms with E-state index >= 15 is 0 Å². The lowest BCUT2D eigenvalue weighted by molar-refractivity contribution is 0.0885. The maximum absolute atomic E-state index is 12.4. The fourth-order valence-electron chi connectivity index (χ4n) is 3.12. The molecule has 1 aromatic carbocycles. The number of aromatic nitrogens is 4. The van der Waals surface area contributed by atoms with E-state index in [-0.39, 0.29) is 23.5 Å². The van der Waals surface area contributed by atoms with Crippen LogP contribution in [0.4, 0.5) is 0 Å². The Hall–Kier alpha value is -3.95. The van der Waals surface area contributed by atoms with Crippen LogP contribution in [0.1, 0.15) is 36.3 Å². The van der Waals surface area contributed by atoms with Gasteiger partial charge >= 0.3 is 11.1 Å². The van der Waals surface area contributed by atoms with Crippen LogP contribution in [0.5, 0.6) is 0 Å². The summed E-state index contributed by atoms with van der Waals surface area (Å²) in [5, 5.41) is 6.84. The van der Waals surface area contributed by atoms with E-state index in [4.69, 9.17) is 8.94 Å². The second-order valence-electron chi connectivity index (χ2n) is 7.18. The molecule has 0 unspecified atom stereocenters. The third-order valence-electron chi connectivity index (χ3n) is 4.77. The maximum atomic E-state index is 12.4. The fraction of sp³-hybridized carbons (Fsp3) is 0.250. The van der Waals surface area contributed by atoms with E-state index < -0.39 is 17.2 Å². The number of fused-ring (bicyclic) bond motifs is 1. The highest BCUT2D eigenvalue weighted by atomic mass is 16.5. The van der Waals surface area contributed by atoms with Gasteiger partial charge in [-0.25, -0.2) is 0 Å². The van der Waals surface area contributed by atoms with Crippen LogP contribution >= 0.6 is 0 Å². The number of hydrogen-bond acceptors (Lipinski definition) is 7. The lowest BCUT2D eigenvalue weighted by atomic mass is 10.0. The Bertz CT molecular complexity index is 1330. The van der Waals surface area contributed by atoms with Crippen molar-refractivity contribution < 1.29 is 13.7 Å². The Morgan fingerprint density at radius 2 is 2.03 bits per heavy atom. The zero-order chi connectivity index (χ0) is 21.4. The van der Waals surface area contributed by atoms with Gasteiger partial charge in [-0.3, -0.25) is 14.4 Å². The number of benzene rings is 1. The molecule has 0 spiro atoms. The van der Waals surface area contributed by atoms with Gasteiger partial charge in [0, 0.05) is 12.6 Å². The molecule has 10 nitrogen and oxygen atoms in total. The molecule has 0 saturated heterocycles. The van der Waals surface area contributed by atoms with Crippen molar-refractivity contribution in [1.82, 2.24) is 25.0 Å². The Labute approximate surface area is 169 Å². The van der Waals surface area contributed by atoms with Gasteiger partial charge in [0.1, 0.15) is 6.04 Å². The van der Waals surface area contributed by atoms with Gasteiger partial charge in [-0.1, -0.05) is 19.0 Å². The zero-order valence-corrected chi connectivity index (χ0v) is 16.5. The number of amides is 1. The molecule has 10 heteroatoms. The molecular formula is C20H19N5O5. The first kappa shape index (κ1) is 19.4. The van der Waals surface area contributed by atoms with Gasteiger partial charge in [-0.2, -0.15) is 4.98 Å². The molecular weight excluding hydrogens is 390 g/mol. The number of aromatic amines is 1. The van der Waals surface area contributed by atoms with E-state index in [1.54, 1.807) is 30.3 Å². The number of H-pyrrole nitrogens is 1. The molecule has 2 N–H and O–H groups in total. The van der Waals surface area contributed by atoms with Crippen molar-refractivity contribution in [1.29, 1.82) is 0 Å². The second-order valence-corrected chi connectivity index (χ2v) is 7.18. The number of carbonyl (C=O) groups is 1. The van der Waals surface area contributed by atoms with Gasteiger partial charge in [0.25, 0.3) is 5.91 Å². The Morgan fingerprint density at radius 3 is 2.73 bits per heavy atom. The van der Waals surface area contributed by atoms with Crippen LogP contribution in [-0.2, 0) is 7.05 Å². The van der Waals surface area contributed by atoms with Gasteiger partial charge in [0.05, 0.1) is 17.3 Å². The number of aryl methyl sites for hydroxylation is 1. The lowest BCUT2D eigenvalue weighted by Crippen LogP contribution is -2.34. The van der Waals surface area contributed by atoms with Crippen LogP contribution in [0.2, 0.25) is 0 Å². The smallest absolute Gasteiger partial charge is 0.316 e. The van der Waals surface area contributed by atoms with Gasteiger partial charge in [0.2, 0.25) is 11.7 Å². The quantitative estimate of drug-likeness (QED) is 0.481. The summed E-state index contributed by atoms with van der Waals surface area (Å²) < 4.78 is 11.8. The van der Waals surface area contributed by atoms with Crippen molar-refractivity contribution in [2.24, 2.45) is 13.0 Å². The lowest BCUT2D eigenvalue weighted by Gasteiger charge is -2.17. The fourth-order valence-corrected chi connectivity index (χ4v) is 3.12. The van der Waals surface area contributed by atoms with E-state index in [0.717, 1.165) is 0 Å². The average Bonchev–Trinajstić information content (AvgIpc) is 3.42. The van der Waals surface area contributed by atoms with Gasteiger partial charge in [-0.15, -0.1) is 0 Å². The van der Waals surface area contributed by atoms with E-state index in [1.165, 1.54) is 17.9 Å². The van der Waals surface area contributed by atoms with Crippen molar-refractivity contribution in [2.75, 3.05) is 0 Å². The first-order chi connectivity index (χ1) is 14.3. The highest BCUT2D eigenvalue weighted by Gasteiger charge is 2.26.